The van der Waals surface area contributed by atoms with E-state index in [1.54, 1.807) is 18.2 Å². The Kier molecular flexibility index (Phi) is 6.99. The van der Waals surface area contributed by atoms with Gasteiger partial charge in [0.2, 0.25) is 10.0 Å². The lowest BCUT2D eigenvalue weighted by molar-refractivity contribution is 0.102. The first-order valence-electron chi connectivity index (χ1n) is 10.1. The maximum absolute atomic E-state index is 13.0. The molecular formula is C22H28N2O5S. The Morgan fingerprint density at radius 3 is 2.47 bits per heavy atom. The molecule has 1 aliphatic heterocycles. The third kappa shape index (κ3) is 5.12. The Morgan fingerprint density at radius 2 is 1.80 bits per heavy atom. The molecule has 8 heteroatoms. The van der Waals surface area contributed by atoms with E-state index in [0.29, 0.717) is 30.3 Å². The Bertz CT molecular complexity index is 998. The number of ether oxygens (including phenoxy) is 2. The quantitative estimate of drug-likeness (QED) is 0.717. The smallest absolute Gasteiger partial charge is 0.259 e. The maximum Gasteiger partial charge on any atom is 0.259 e. The summed E-state index contributed by atoms with van der Waals surface area (Å²) >= 11 is 0. The van der Waals surface area contributed by atoms with Crippen molar-refractivity contribution < 1.29 is 22.7 Å². The van der Waals surface area contributed by atoms with Crippen LogP contribution in [0, 0.1) is 0 Å². The number of nitrogens with one attached hydrogen (secondary N) is 1. The number of methoxy groups -OCH3 is 1. The molecular weight excluding hydrogens is 404 g/mol. The highest BCUT2D eigenvalue weighted by molar-refractivity contribution is 7.89. The SMILES string of the molecule is COc1ccc(S(=O)(=O)N2CCCCC2)cc1C(=O)Nc1cccc(OC(C)C)c1. The van der Waals surface area contributed by atoms with Gasteiger partial charge < -0.3 is 14.8 Å². The van der Waals surface area contributed by atoms with E-state index >= 15 is 0 Å². The molecule has 1 N–H and O–H groups in total. The number of nitrogens with zero attached hydrogens (tertiary/aromatic N) is 1. The first-order chi connectivity index (χ1) is 14.3. The fourth-order valence-corrected chi connectivity index (χ4v) is 4.94. The summed E-state index contributed by atoms with van der Waals surface area (Å²) in [6.07, 6.45) is 2.73. The number of piperidine rings is 1. The molecule has 2 aromatic carbocycles. The van der Waals surface area contributed by atoms with Crippen LogP contribution in [0.3, 0.4) is 0 Å². The summed E-state index contributed by atoms with van der Waals surface area (Å²) in [5.41, 5.74) is 0.704. The van der Waals surface area contributed by atoms with Gasteiger partial charge in [-0.1, -0.05) is 12.5 Å². The Balaban J connectivity index is 1.87. The largest absolute Gasteiger partial charge is 0.496 e. The number of sulfonamides is 1. The van der Waals surface area contributed by atoms with Crippen molar-refractivity contribution in [3.63, 3.8) is 0 Å². The summed E-state index contributed by atoms with van der Waals surface area (Å²) < 4.78 is 38.4. The van der Waals surface area contributed by atoms with Gasteiger partial charge in [-0.05, 0) is 57.0 Å². The minimum atomic E-state index is -3.66. The lowest BCUT2D eigenvalue weighted by atomic mass is 10.1. The molecule has 0 spiro atoms. The number of benzene rings is 2. The summed E-state index contributed by atoms with van der Waals surface area (Å²) in [7, 11) is -2.21. The molecule has 2 aromatic rings. The lowest BCUT2D eigenvalue weighted by Crippen LogP contribution is -2.35. The molecule has 0 atom stereocenters. The maximum atomic E-state index is 13.0. The van der Waals surface area contributed by atoms with Gasteiger partial charge in [0.1, 0.15) is 11.5 Å². The van der Waals surface area contributed by atoms with Crippen LogP contribution in [-0.4, -0.2) is 44.9 Å². The van der Waals surface area contributed by atoms with E-state index in [1.165, 1.54) is 29.6 Å². The van der Waals surface area contributed by atoms with Crippen LogP contribution in [0.5, 0.6) is 11.5 Å². The first-order valence-corrected chi connectivity index (χ1v) is 11.5. The van der Waals surface area contributed by atoms with Gasteiger partial charge in [-0.15, -0.1) is 0 Å². The summed E-state index contributed by atoms with van der Waals surface area (Å²) in [6, 6.07) is 11.4. The number of rotatable bonds is 7. The zero-order valence-corrected chi connectivity index (χ0v) is 18.4. The van der Waals surface area contributed by atoms with E-state index in [0.717, 1.165) is 19.3 Å². The molecule has 0 unspecified atom stereocenters. The standard InChI is InChI=1S/C22H28N2O5S/c1-16(2)29-18-9-7-8-17(14-18)23-22(25)20-15-19(10-11-21(20)28-3)30(26,27)24-12-5-4-6-13-24/h7-11,14-16H,4-6,12-13H2,1-3H3,(H,23,25). The molecule has 0 radical (unpaired) electrons. The molecule has 7 nitrogen and oxygen atoms in total. The molecule has 1 heterocycles. The normalized spacial score (nSPS) is 15.1. The number of carbonyl (C=O) groups is 1. The van der Waals surface area contributed by atoms with Gasteiger partial charge in [-0.2, -0.15) is 4.31 Å². The van der Waals surface area contributed by atoms with Gasteiger partial charge in [0.05, 0.1) is 23.7 Å². The van der Waals surface area contributed by atoms with E-state index in [1.807, 2.05) is 19.9 Å². The van der Waals surface area contributed by atoms with Crippen molar-refractivity contribution in [3.05, 3.63) is 48.0 Å². The number of anilines is 1. The van der Waals surface area contributed by atoms with Crippen molar-refractivity contribution in [2.45, 2.75) is 44.1 Å². The Morgan fingerprint density at radius 1 is 1.07 bits per heavy atom. The van der Waals surface area contributed by atoms with E-state index < -0.39 is 15.9 Å². The van der Waals surface area contributed by atoms with Gasteiger partial charge in [0.25, 0.3) is 5.91 Å². The minimum Gasteiger partial charge on any atom is -0.496 e. The molecule has 0 bridgehead atoms. The number of carbonyl (C=O) groups excluding carboxylic acids is 1. The second-order valence-electron chi connectivity index (χ2n) is 7.48. The average molecular weight is 433 g/mol. The van der Waals surface area contributed by atoms with Crippen LogP contribution >= 0.6 is 0 Å². The van der Waals surface area contributed by atoms with Gasteiger partial charge in [-0.3, -0.25) is 4.79 Å². The highest BCUT2D eigenvalue weighted by Crippen LogP contribution is 2.27. The van der Waals surface area contributed by atoms with Gasteiger partial charge >= 0.3 is 0 Å². The first kappa shape index (κ1) is 22.1. The van der Waals surface area contributed by atoms with Crippen molar-refractivity contribution in [3.8, 4) is 11.5 Å². The van der Waals surface area contributed by atoms with Crippen molar-refractivity contribution in [2.75, 3.05) is 25.5 Å². The van der Waals surface area contributed by atoms with Crippen molar-refractivity contribution in [2.24, 2.45) is 0 Å². The molecule has 0 aliphatic carbocycles. The molecule has 0 aromatic heterocycles. The van der Waals surface area contributed by atoms with E-state index in [-0.39, 0.29) is 16.6 Å². The Hall–Kier alpha value is -2.58. The molecule has 1 aliphatic rings. The van der Waals surface area contributed by atoms with Gasteiger partial charge in [0, 0.05) is 24.8 Å². The van der Waals surface area contributed by atoms with Crippen LogP contribution < -0.4 is 14.8 Å². The predicted molar refractivity (Wildman–Crippen MR) is 116 cm³/mol. The highest BCUT2D eigenvalue weighted by atomic mass is 32.2. The zero-order valence-electron chi connectivity index (χ0n) is 17.6. The van der Waals surface area contributed by atoms with Crippen molar-refractivity contribution >= 4 is 21.6 Å². The number of hydrogen-bond donors (Lipinski definition) is 1. The van der Waals surface area contributed by atoms with E-state index in [9.17, 15) is 13.2 Å². The third-order valence-electron chi connectivity index (χ3n) is 4.83. The molecule has 1 saturated heterocycles. The second-order valence-corrected chi connectivity index (χ2v) is 9.41. The minimum absolute atomic E-state index is 0.00715. The molecule has 1 amide bonds. The van der Waals surface area contributed by atoms with E-state index in [2.05, 4.69) is 5.32 Å². The molecule has 0 saturated carbocycles. The molecule has 30 heavy (non-hydrogen) atoms. The average Bonchev–Trinajstić information content (AvgIpc) is 2.73. The van der Waals surface area contributed by atoms with Gasteiger partial charge in [-0.25, -0.2) is 8.42 Å². The van der Waals surface area contributed by atoms with Crippen LogP contribution in [0.1, 0.15) is 43.5 Å². The number of hydrogen-bond acceptors (Lipinski definition) is 5. The molecule has 162 valence electrons. The molecule has 1 fully saturated rings. The topological polar surface area (TPSA) is 84.9 Å². The fourth-order valence-electron chi connectivity index (χ4n) is 3.40. The third-order valence-corrected chi connectivity index (χ3v) is 6.73. The van der Waals surface area contributed by atoms with Crippen molar-refractivity contribution in [1.29, 1.82) is 0 Å². The van der Waals surface area contributed by atoms with Crippen LogP contribution in [-0.2, 0) is 10.0 Å². The lowest BCUT2D eigenvalue weighted by Gasteiger charge is -2.26. The zero-order chi connectivity index (χ0) is 21.7. The highest BCUT2D eigenvalue weighted by Gasteiger charge is 2.27. The van der Waals surface area contributed by atoms with Crippen LogP contribution in [0.15, 0.2) is 47.4 Å². The monoisotopic (exact) mass is 432 g/mol. The summed E-state index contributed by atoms with van der Waals surface area (Å²) in [5, 5.41) is 2.80. The van der Waals surface area contributed by atoms with Crippen LogP contribution in [0.2, 0.25) is 0 Å². The fraction of sp³-hybridized carbons (Fsp3) is 0.409. The van der Waals surface area contributed by atoms with Gasteiger partial charge in [0.15, 0.2) is 0 Å². The Labute approximate surface area is 178 Å². The van der Waals surface area contributed by atoms with Crippen molar-refractivity contribution in [1.82, 2.24) is 4.31 Å². The predicted octanol–water partition coefficient (Wildman–Crippen LogP) is 3.91. The summed E-state index contributed by atoms with van der Waals surface area (Å²) in [5.74, 6) is 0.486. The summed E-state index contributed by atoms with van der Waals surface area (Å²) in [6.45, 7) is 4.84. The number of amides is 1. The molecule has 3 rings (SSSR count). The van der Waals surface area contributed by atoms with Crippen LogP contribution in [0.4, 0.5) is 5.69 Å². The summed E-state index contributed by atoms with van der Waals surface area (Å²) in [4.78, 5) is 13.0. The second kappa shape index (κ2) is 9.49. The van der Waals surface area contributed by atoms with Crippen LogP contribution in [0.25, 0.3) is 0 Å². The van der Waals surface area contributed by atoms with E-state index in [4.69, 9.17) is 9.47 Å².